The number of hydrogen-bond donors (Lipinski definition) is 1. The Labute approximate surface area is 121 Å². The highest BCUT2D eigenvalue weighted by atomic mass is 19.1. The summed E-state index contributed by atoms with van der Waals surface area (Å²) in [5.74, 6) is -1.29. The van der Waals surface area contributed by atoms with Crippen LogP contribution in [0, 0.1) is 11.6 Å². The lowest BCUT2D eigenvalue weighted by Gasteiger charge is -2.10. The second-order valence-corrected chi connectivity index (χ2v) is 4.61. The van der Waals surface area contributed by atoms with Gasteiger partial charge in [-0.25, -0.2) is 18.4 Å². The number of halogens is 2. The molecule has 1 N–H and O–H groups in total. The first-order chi connectivity index (χ1) is 10.2. The summed E-state index contributed by atoms with van der Waals surface area (Å²) in [6.07, 6.45) is 2.29. The van der Waals surface area contributed by atoms with Gasteiger partial charge < -0.3 is 10.1 Å². The molecule has 2 aromatic rings. The summed E-state index contributed by atoms with van der Waals surface area (Å²) in [5.41, 5.74) is 0.522. The second kappa shape index (κ2) is 7.12. The van der Waals surface area contributed by atoms with Crippen molar-refractivity contribution in [1.82, 2.24) is 20.1 Å². The van der Waals surface area contributed by atoms with E-state index in [4.69, 9.17) is 4.74 Å². The van der Waals surface area contributed by atoms with Crippen molar-refractivity contribution in [3.05, 3.63) is 41.5 Å². The third-order valence-corrected chi connectivity index (χ3v) is 2.92. The number of rotatable bonds is 7. The maximum Gasteiger partial charge on any atom is 0.191 e. The average molecular weight is 296 g/mol. The molecule has 0 aliphatic rings. The lowest BCUT2D eigenvalue weighted by Crippen LogP contribution is -2.10. The highest BCUT2D eigenvalue weighted by molar-refractivity contribution is 5.31. The maximum atomic E-state index is 13.9. The molecule has 0 bridgehead atoms. The van der Waals surface area contributed by atoms with Gasteiger partial charge in [-0.1, -0.05) is 6.92 Å². The highest BCUT2D eigenvalue weighted by Gasteiger charge is 2.14. The molecule has 7 heteroatoms. The Morgan fingerprint density at radius 2 is 2.00 bits per heavy atom. The van der Waals surface area contributed by atoms with Crippen molar-refractivity contribution in [2.45, 2.75) is 33.0 Å². The van der Waals surface area contributed by atoms with E-state index in [-0.39, 0.29) is 12.4 Å². The zero-order chi connectivity index (χ0) is 15.2. The normalized spacial score (nSPS) is 10.9. The first kappa shape index (κ1) is 15.4. The van der Waals surface area contributed by atoms with E-state index in [1.165, 1.54) is 18.5 Å². The fourth-order valence-electron chi connectivity index (χ4n) is 1.99. The monoisotopic (exact) mass is 296 g/mol. The van der Waals surface area contributed by atoms with Crippen LogP contribution in [0.25, 0.3) is 0 Å². The lowest BCUT2D eigenvalue weighted by atomic mass is 10.2. The van der Waals surface area contributed by atoms with Crippen molar-refractivity contribution in [1.29, 1.82) is 0 Å². The Balaban J connectivity index is 2.11. The van der Waals surface area contributed by atoms with E-state index < -0.39 is 11.6 Å². The Kier molecular flexibility index (Phi) is 5.21. The fraction of sp³-hybridized carbons (Fsp3) is 0.429. The van der Waals surface area contributed by atoms with Crippen LogP contribution < -0.4 is 10.1 Å². The lowest BCUT2D eigenvalue weighted by molar-refractivity contribution is 0.258. The van der Waals surface area contributed by atoms with Gasteiger partial charge in [-0.15, -0.1) is 0 Å². The van der Waals surface area contributed by atoms with Crippen molar-refractivity contribution in [3.8, 4) is 5.75 Å². The molecule has 0 atom stereocenters. The van der Waals surface area contributed by atoms with Crippen LogP contribution in [-0.2, 0) is 19.7 Å². The van der Waals surface area contributed by atoms with Crippen molar-refractivity contribution < 1.29 is 13.5 Å². The summed E-state index contributed by atoms with van der Waals surface area (Å²) < 4.78 is 34.6. The van der Waals surface area contributed by atoms with Gasteiger partial charge in [-0.05, 0) is 31.2 Å². The third-order valence-electron chi connectivity index (χ3n) is 2.92. The van der Waals surface area contributed by atoms with Crippen LogP contribution in [0.2, 0.25) is 0 Å². The molecule has 0 saturated carbocycles. The van der Waals surface area contributed by atoms with E-state index in [2.05, 4.69) is 15.4 Å². The zero-order valence-corrected chi connectivity index (χ0v) is 12.1. The van der Waals surface area contributed by atoms with Gasteiger partial charge in [0, 0.05) is 13.1 Å². The van der Waals surface area contributed by atoms with Gasteiger partial charge in [0.25, 0.3) is 0 Å². The molecule has 0 unspecified atom stereocenters. The molecule has 1 aromatic carbocycles. The van der Waals surface area contributed by atoms with Crippen LogP contribution in [0.1, 0.15) is 24.7 Å². The van der Waals surface area contributed by atoms with Crippen LogP contribution in [0.4, 0.5) is 8.78 Å². The second-order valence-electron chi connectivity index (χ2n) is 4.61. The zero-order valence-electron chi connectivity index (χ0n) is 12.1. The minimum Gasteiger partial charge on any atom is -0.479 e. The van der Waals surface area contributed by atoms with Gasteiger partial charge in [0.05, 0.1) is 0 Å². The molecule has 0 radical (unpaired) electrons. The summed E-state index contributed by atoms with van der Waals surface area (Å²) >= 11 is 0. The largest absolute Gasteiger partial charge is 0.479 e. The number of nitrogens with zero attached hydrogens (tertiary/aromatic N) is 3. The third kappa shape index (κ3) is 3.75. The predicted molar refractivity (Wildman–Crippen MR) is 73.8 cm³/mol. The van der Waals surface area contributed by atoms with Crippen LogP contribution in [0.15, 0.2) is 18.5 Å². The molecule has 114 valence electrons. The topological polar surface area (TPSA) is 52.0 Å². The number of hydrogen-bond acceptors (Lipinski definition) is 4. The van der Waals surface area contributed by atoms with E-state index in [0.717, 1.165) is 6.42 Å². The quantitative estimate of drug-likeness (QED) is 0.851. The number of ether oxygens (including phenoxy) is 1. The summed E-state index contributed by atoms with van der Waals surface area (Å²) in [5, 5.41) is 6.87. The Hall–Kier alpha value is -2.02. The summed E-state index contributed by atoms with van der Waals surface area (Å²) in [6, 6.07) is 2.51. The molecule has 1 heterocycles. The summed E-state index contributed by atoms with van der Waals surface area (Å²) in [4.78, 5) is 4.03. The highest BCUT2D eigenvalue weighted by Crippen LogP contribution is 2.24. The molecule has 1 aromatic heterocycles. The molecule has 21 heavy (non-hydrogen) atoms. The van der Waals surface area contributed by atoms with Crippen molar-refractivity contribution in [2.24, 2.45) is 0 Å². The number of aryl methyl sites for hydroxylation is 1. The van der Waals surface area contributed by atoms with Gasteiger partial charge in [-0.3, -0.25) is 0 Å². The van der Waals surface area contributed by atoms with Gasteiger partial charge >= 0.3 is 0 Å². The molecule has 0 amide bonds. The molecule has 0 spiro atoms. The SMILES string of the molecule is CCCn1ncnc1COc1c(F)cc(CNC)cc1F. The Morgan fingerprint density at radius 1 is 1.29 bits per heavy atom. The van der Waals surface area contributed by atoms with E-state index in [1.807, 2.05) is 6.92 Å². The molecule has 2 rings (SSSR count). The number of aromatic nitrogens is 3. The Morgan fingerprint density at radius 3 is 2.62 bits per heavy atom. The van der Waals surface area contributed by atoms with Crippen LogP contribution >= 0.6 is 0 Å². The van der Waals surface area contributed by atoms with Crippen LogP contribution in [0.5, 0.6) is 5.75 Å². The smallest absolute Gasteiger partial charge is 0.191 e. The Bertz CT molecular complexity index is 577. The average Bonchev–Trinajstić information content (AvgIpc) is 2.86. The molecular weight excluding hydrogens is 278 g/mol. The molecule has 0 saturated heterocycles. The van der Waals surface area contributed by atoms with Crippen molar-refractivity contribution in [3.63, 3.8) is 0 Å². The molecular formula is C14H18F2N4O. The number of nitrogens with one attached hydrogen (secondary N) is 1. The maximum absolute atomic E-state index is 13.9. The van der Waals surface area contributed by atoms with Gasteiger partial charge in [0.15, 0.2) is 23.2 Å². The summed E-state index contributed by atoms with van der Waals surface area (Å²) in [7, 11) is 1.71. The van der Waals surface area contributed by atoms with E-state index in [9.17, 15) is 8.78 Å². The van der Waals surface area contributed by atoms with E-state index in [0.29, 0.717) is 24.5 Å². The van der Waals surface area contributed by atoms with Gasteiger partial charge in [0.2, 0.25) is 0 Å². The molecule has 0 fully saturated rings. The van der Waals surface area contributed by atoms with Crippen molar-refractivity contribution >= 4 is 0 Å². The molecule has 5 nitrogen and oxygen atoms in total. The summed E-state index contributed by atoms with van der Waals surface area (Å²) in [6.45, 7) is 3.05. The van der Waals surface area contributed by atoms with Crippen LogP contribution in [0.3, 0.4) is 0 Å². The number of benzene rings is 1. The minimum absolute atomic E-state index is 0.0286. The van der Waals surface area contributed by atoms with E-state index in [1.54, 1.807) is 11.7 Å². The fourth-order valence-corrected chi connectivity index (χ4v) is 1.99. The standard InChI is InChI=1S/C14H18F2N4O/c1-3-4-20-13(18-9-19-20)8-21-14-11(15)5-10(7-17-2)6-12(14)16/h5-6,9,17H,3-4,7-8H2,1-2H3. The van der Waals surface area contributed by atoms with Crippen LogP contribution in [-0.4, -0.2) is 21.8 Å². The molecule has 0 aliphatic carbocycles. The van der Waals surface area contributed by atoms with Gasteiger partial charge in [-0.2, -0.15) is 5.10 Å². The minimum atomic E-state index is -0.721. The van der Waals surface area contributed by atoms with Crippen molar-refractivity contribution in [2.75, 3.05) is 7.05 Å². The van der Waals surface area contributed by atoms with Gasteiger partial charge in [0.1, 0.15) is 12.9 Å². The van der Waals surface area contributed by atoms with E-state index >= 15 is 0 Å². The first-order valence-corrected chi connectivity index (χ1v) is 6.77. The first-order valence-electron chi connectivity index (χ1n) is 6.77. The predicted octanol–water partition coefficient (Wildman–Crippen LogP) is 2.26. The molecule has 0 aliphatic heterocycles.